The normalized spacial score (nSPS) is 11.6. The molecule has 0 bridgehead atoms. The average Bonchev–Trinajstić information content (AvgIpc) is 3.39. The van der Waals surface area contributed by atoms with Crippen LogP contribution in [0.1, 0.15) is 92.9 Å². The Morgan fingerprint density at radius 1 is 0.554 bits per heavy atom. The molecule has 2 aromatic rings. The van der Waals surface area contributed by atoms with E-state index in [2.05, 4.69) is 30.3 Å². The number of unbranched alkanes of at least 4 members (excludes halogenated alkanes) is 3. The van der Waals surface area contributed by atoms with E-state index in [0.29, 0.717) is 69.2 Å². The zero-order valence-electron chi connectivity index (χ0n) is 41.5. The van der Waals surface area contributed by atoms with Crippen LogP contribution in [0.15, 0.2) is 36.4 Å². The molecule has 0 aliphatic carbocycles. The van der Waals surface area contributed by atoms with Gasteiger partial charge in [0.15, 0.2) is 0 Å². The molecule has 2 aromatic carbocycles. The van der Waals surface area contributed by atoms with E-state index in [-0.39, 0.29) is 109 Å². The second-order valence-corrected chi connectivity index (χ2v) is 17.9. The summed E-state index contributed by atoms with van der Waals surface area (Å²) < 4.78 is 28.5. The molecular formula is C45H70BN6O17P5. The molecule has 0 spiro atoms. The van der Waals surface area contributed by atoms with Gasteiger partial charge >= 0.3 is 49.3 Å². The minimum absolute atomic E-state index is 0.0104. The maximum atomic E-state index is 12.8. The third-order valence-electron chi connectivity index (χ3n) is 11.2. The van der Waals surface area contributed by atoms with Gasteiger partial charge in [0, 0.05) is 76.1 Å². The Kier molecular flexibility index (Phi) is 33.4. The van der Waals surface area contributed by atoms with Crippen molar-refractivity contribution >= 4 is 108 Å². The summed E-state index contributed by atoms with van der Waals surface area (Å²) in [6, 6.07) is 6.86. The number of hydrogen-bond donors (Lipinski definition) is 6. The molecule has 410 valence electrons. The van der Waals surface area contributed by atoms with Crippen LogP contribution < -0.4 is 21.3 Å². The van der Waals surface area contributed by atoms with Crippen LogP contribution in [0.3, 0.4) is 0 Å². The third kappa shape index (κ3) is 27.7. The van der Waals surface area contributed by atoms with Crippen LogP contribution in [0, 0.1) is 0 Å². The molecule has 0 aliphatic heterocycles. The van der Waals surface area contributed by atoms with E-state index >= 15 is 0 Å². The van der Waals surface area contributed by atoms with E-state index < -0.39 is 53.9 Å². The standard InChI is InChI=1S/C45H70BN6O17P5/c1-46-64-43(61)34(13-18-40(58)66-71)50-45(63)49-33(44(62)69-74)7-4-6-20-47-37(55)8-3-2-5-19-48-38(56)16-11-29-9-14-35(53)31(23-29)25-51(27-41(59)67-72)21-22-52(28-42(60)68-73)26-32-24-30(10-15-36(32)54)12-17-39(57)65-70/h9-10,14-15,23-24,33-34,46,53-54H,2-8,11-13,16-22,25-28,70-74H2,1H3,(H,47,55)(H,48,56)(H2,49,50,63). The van der Waals surface area contributed by atoms with Crippen molar-refractivity contribution in [1.82, 2.24) is 31.1 Å². The van der Waals surface area contributed by atoms with Gasteiger partial charge in [-0.15, -0.1) is 0 Å². The van der Waals surface area contributed by atoms with Crippen LogP contribution in [-0.2, 0) is 91.6 Å². The van der Waals surface area contributed by atoms with Gasteiger partial charge in [-0.25, -0.2) is 9.59 Å². The Morgan fingerprint density at radius 2 is 1.03 bits per heavy atom. The van der Waals surface area contributed by atoms with Gasteiger partial charge in [0.2, 0.25) is 11.8 Å². The van der Waals surface area contributed by atoms with Crippen LogP contribution in [0.2, 0.25) is 6.82 Å². The Morgan fingerprint density at radius 3 is 1.53 bits per heavy atom. The lowest BCUT2D eigenvalue weighted by Gasteiger charge is -2.27. The molecule has 7 atom stereocenters. The molecule has 0 radical (unpaired) electrons. The number of urea groups is 1. The van der Waals surface area contributed by atoms with Crippen LogP contribution in [0.5, 0.6) is 11.5 Å². The lowest BCUT2D eigenvalue weighted by molar-refractivity contribution is -0.138. The number of amides is 4. The van der Waals surface area contributed by atoms with Crippen LogP contribution in [0.4, 0.5) is 4.79 Å². The highest BCUT2D eigenvalue weighted by Gasteiger charge is 2.27. The van der Waals surface area contributed by atoms with Gasteiger partial charge in [0.1, 0.15) is 23.6 Å². The van der Waals surface area contributed by atoms with Crippen molar-refractivity contribution < 1.29 is 80.6 Å². The third-order valence-corrected chi connectivity index (χ3v) is 12.4. The molecule has 0 aromatic heterocycles. The zero-order chi connectivity index (χ0) is 54.8. The van der Waals surface area contributed by atoms with E-state index in [4.69, 9.17) is 18.2 Å². The summed E-state index contributed by atoms with van der Waals surface area (Å²) >= 11 is 0. The molecule has 0 saturated carbocycles. The summed E-state index contributed by atoms with van der Waals surface area (Å²) in [5, 5.41) is 32.1. The van der Waals surface area contributed by atoms with Crippen molar-refractivity contribution in [1.29, 1.82) is 0 Å². The highest BCUT2D eigenvalue weighted by atomic mass is 31.0. The number of hydrogen-bond acceptors (Lipinski definition) is 19. The number of nitrogens with zero attached hydrogens (tertiary/aromatic N) is 2. The van der Waals surface area contributed by atoms with Crippen molar-refractivity contribution in [2.75, 3.05) is 39.3 Å². The monoisotopic (exact) mass is 1130 g/mol. The SMILES string of the molecule is CBOC(=O)C(CCC(=O)OP)NC(=O)NC(CCCCNC(=O)CCCCCNC(=O)CCc1ccc(O)c(CN(CCN(CC(=O)OP)Cc2cc(CCC(=O)OP)ccc2O)CC(=O)OP)c1)C(=O)OP. The van der Waals surface area contributed by atoms with Crippen LogP contribution in [-0.4, -0.2) is 133 Å². The highest BCUT2D eigenvalue weighted by Crippen LogP contribution is 2.24. The number of benzene rings is 2. The number of phenolic OH excluding ortho intramolecular Hbond substituents is 2. The smallest absolute Gasteiger partial charge is 0.340 e. The van der Waals surface area contributed by atoms with Crippen LogP contribution in [0.25, 0.3) is 0 Å². The molecule has 0 aliphatic rings. The van der Waals surface area contributed by atoms with Crippen molar-refractivity contribution in [2.24, 2.45) is 0 Å². The first-order valence-corrected chi connectivity index (χ1v) is 26.1. The molecule has 0 heterocycles. The summed E-state index contributed by atoms with van der Waals surface area (Å²) in [6.45, 7) is 2.69. The Hall–Kier alpha value is -4.80. The van der Waals surface area contributed by atoms with Gasteiger partial charge in [0.05, 0.1) is 60.4 Å². The Bertz CT molecular complexity index is 2170. The Labute approximate surface area is 443 Å². The van der Waals surface area contributed by atoms with Crippen molar-refractivity contribution in [3.05, 3.63) is 58.7 Å². The number of aryl methyl sites for hydroxylation is 2. The molecule has 23 nitrogen and oxygen atoms in total. The number of carbonyl (C=O) groups excluding carboxylic acids is 9. The summed E-state index contributed by atoms with van der Waals surface area (Å²) in [6.07, 6.45) is 4.08. The molecular weight excluding hydrogens is 1060 g/mol. The van der Waals surface area contributed by atoms with Gasteiger partial charge in [-0.2, -0.15) is 0 Å². The maximum absolute atomic E-state index is 12.8. The second kappa shape index (κ2) is 37.9. The average molecular weight is 1130 g/mol. The molecule has 6 N–H and O–H groups in total. The Balaban J connectivity index is 1.81. The van der Waals surface area contributed by atoms with Gasteiger partial charge < -0.3 is 58.8 Å². The fourth-order valence-corrected chi connectivity index (χ4v) is 7.78. The predicted molar refractivity (Wildman–Crippen MR) is 288 cm³/mol. The van der Waals surface area contributed by atoms with E-state index in [1.54, 1.807) is 50.4 Å². The largest absolute Gasteiger partial charge is 0.539 e. The van der Waals surface area contributed by atoms with Gasteiger partial charge in [-0.1, -0.05) is 37.5 Å². The lowest BCUT2D eigenvalue weighted by Crippen LogP contribution is -2.51. The zero-order valence-corrected chi connectivity index (χ0v) is 47.2. The number of aromatic hydroxyl groups is 2. The fourth-order valence-electron chi connectivity index (χ4n) is 7.23. The molecule has 2 rings (SSSR count). The summed E-state index contributed by atoms with van der Waals surface area (Å²) in [5.41, 5.74) is 2.54. The quantitative estimate of drug-likeness (QED) is 0.0325. The summed E-state index contributed by atoms with van der Waals surface area (Å²) in [7, 11) is 9.41. The highest BCUT2D eigenvalue weighted by molar-refractivity contribution is 7.11. The van der Waals surface area contributed by atoms with Crippen LogP contribution >= 0.6 is 47.3 Å². The first-order chi connectivity index (χ1) is 35.4. The molecule has 7 unspecified atom stereocenters. The minimum Gasteiger partial charge on any atom is -0.539 e. The first kappa shape index (κ1) is 65.3. The summed E-state index contributed by atoms with van der Waals surface area (Å²) in [4.78, 5) is 114. The van der Waals surface area contributed by atoms with E-state index in [9.17, 15) is 53.4 Å². The van der Waals surface area contributed by atoms with Gasteiger partial charge in [-0.3, -0.25) is 43.4 Å². The second-order valence-electron chi connectivity index (χ2n) is 16.8. The van der Waals surface area contributed by atoms with Gasteiger partial charge in [0.25, 0.3) is 0 Å². The molecule has 29 heteroatoms. The molecule has 74 heavy (non-hydrogen) atoms. The van der Waals surface area contributed by atoms with E-state index in [1.807, 2.05) is 37.9 Å². The molecule has 0 fully saturated rings. The molecule has 4 amide bonds. The van der Waals surface area contributed by atoms with E-state index in [1.165, 1.54) is 12.1 Å². The first-order valence-electron chi connectivity index (χ1n) is 23.8. The number of carbonyl (C=O) groups is 9. The fraction of sp³-hybridized carbons (Fsp3) is 0.533. The number of rotatable bonds is 36. The van der Waals surface area contributed by atoms with Crippen molar-refractivity contribution in [2.45, 2.75) is 115 Å². The topological polar surface area (TPSA) is 304 Å². The summed E-state index contributed by atoms with van der Waals surface area (Å²) in [5.74, 6) is -4.00. The number of nitrogens with one attached hydrogen (secondary N) is 4. The number of phenols is 2. The predicted octanol–water partition coefficient (Wildman–Crippen LogP) is 2.66. The molecule has 0 saturated heterocycles. The van der Waals surface area contributed by atoms with Crippen molar-refractivity contribution in [3.63, 3.8) is 0 Å². The lowest BCUT2D eigenvalue weighted by atomic mass is 10.0. The minimum atomic E-state index is -1.17. The van der Waals surface area contributed by atoms with Crippen molar-refractivity contribution in [3.8, 4) is 11.5 Å². The van der Waals surface area contributed by atoms with E-state index in [0.717, 1.165) is 11.1 Å². The van der Waals surface area contributed by atoms with Gasteiger partial charge in [-0.05, 0) is 74.6 Å². The maximum Gasteiger partial charge on any atom is 0.340 e.